The van der Waals surface area contributed by atoms with Crippen molar-refractivity contribution in [3.05, 3.63) is 0 Å². The molecule has 0 saturated heterocycles. The van der Waals surface area contributed by atoms with Gasteiger partial charge in [-0.3, -0.25) is 0 Å². The van der Waals surface area contributed by atoms with Crippen LogP contribution in [0.1, 0.15) is 52.4 Å². The minimum absolute atomic E-state index is 0.0363. The normalized spacial score (nSPS) is 33.5. The molecule has 1 saturated carbocycles. The van der Waals surface area contributed by atoms with E-state index >= 15 is 0 Å². The lowest BCUT2D eigenvalue weighted by Crippen LogP contribution is -2.59. The quantitative estimate of drug-likeness (QED) is 0.688. The molecule has 0 aliphatic heterocycles. The van der Waals surface area contributed by atoms with E-state index in [4.69, 9.17) is 5.73 Å². The summed E-state index contributed by atoms with van der Waals surface area (Å²) in [6.07, 6.45) is 6.37. The average molecular weight is 185 g/mol. The Morgan fingerprint density at radius 2 is 1.77 bits per heavy atom. The van der Waals surface area contributed by atoms with E-state index in [1.165, 1.54) is 25.7 Å². The molecule has 0 aromatic heterocycles. The molecule has 0 unspecified atom stereocenters. The predicted molar refractivity (Wildman–Crippen MR) is 55.5 cm³/mol. The van der Waals surface area contributed by atoms with Gasteiger partial charge in [-0.2, -0.15) is 0 Å². The van der Waals surface area contributed by atoms with Crippen molar-refractivity contribution >= 4 is 0 Å². The van der Waals surface area contributed by atoms with Crippen molar-refractivity contribution in [2.24, 2.45) is 11.7 Å². The molecule has 1 fully saturated rings. The Balaban J connectivity index is 2.43. The molecule has 0 heterocycles. The number of rotatable bonds is 5. The van der Waals surface area contributed by atoms with E-state index in [1.54, 1.807) is 0 Å². The maximum Gasteiger partial charge on any atom is 0.0575 e. The first-order valence-electron chi connectivity index (χ1n) is 5.59. The molecule has 0 aromatic rings. The van der Waals surface area contributed by atoms with E-state index < -0.39 is 0 Å². The first kappa shape index (κ1) is 11.0. The van der Waals surface area contributed by atoms with Gasteiger partial charge in [0, 0.05) is 5.54 Å². The lowest BCUT2D eigenvalue weighted by molar-refractivity contribution is -0.0132. The third-order valence-corrected chi connectivity index (χ3v) is 3.32. The first-order chi connectivity index (χ1) is 6.12. The van der Waals surface area contributed by atoms with Gasteiger partial charge in [-0.1, -0.05) is 26.7 Å². The Morgan fingerprint density at radius 1 is 1.31 bits per heavy atom. The summed E-state index contributed by atoms with van der Waals surface area (Å²) < 4.78 is 0. The van der Waals surface area contributed by atoms with Gasteiger partial charge in [0.15, 0.2) is 0 Å². The third kappa shape index (κ3) is 2.44. The molecule has 3 N–H and O–H groups in total. The fourth-order valence-corrected chi connectivity index (χ4v) is 2.57. The topological polar surface area (TPSA) is 46.2 Å². The minimum atomic E-state index is -0.124. The van der Waals surface area contributed by atoms with Crippen LogP contribution in [0, 0.1) is 5.92 Å². The summed E-state index contributed by atoms with van der Waals surface area (Å²) in [4.78, 5) is 0. The molecule has 78 valence electrons. The lowest BCUT2D eigenvalue weighted by Gasteiger charge is -2.48. The second-order valence-electron chi connectivity index (χ2n) is 4.57. The zero-order valence-electron chi connectivity index (χ0n) is 8.92. The monoisotopic (exact) mass is 185 g/mol. The second kappa shape index (κ2) is 4.43. The molecule has 1 aliphatic carbocycles. The maximum absolute atomic E-state index is 9.29. The predicted octanol–water partition coefficient (Wildman–Crippen LogP) is 2.05. The molecular weight excluding hydrogens is 162 g/mol. The van der Waals surface area contributed by atoms with Gasteiger partial charge in [-0.25, -0.2) is 0 Å². The van der Waals surface area contributed by atoms with Crippen LogP contribution in [-0.4, -0.2) is 16.7 Å². The molecular formula is C11H23NO. The summed E-state index contributed by atoms with van der Waals surface area (Å²) in [6.45, 7) is 4.42. The molecule has 0 amide bonds. The number of hydrogen-bond acceptors (Lipinski definition) is 2. The third-order valence-electron chi connectivity index (χ3n) is 3.32. The molecule has 1 rings (SSSR count). The van der Waals surface area contributed by atoms with E-state index in [1.807, 2.05) is 0 Å². The Bertz CT molecular complexity index is 146. The van der Waals surface area contributed by atoms with Crippen molar-refractivity contribution in [2.75, 3.05) is 0 Å². The van der Waals surface area contributed by atoms with Crippen LogP contribution in [0.3, 0.4) is 0 Å². The van der Waals surface area contributed by atoms with Gasteiger partial charge in [0.1, 0.15) is 0 Å². The number of aliphatic hydroxyl groups excluding tert-OH is 1. The fraction of sp³-hybridized carbons (Fsp3) is 1.00. The highest BCUT2D eigenvalue weighted by Gasteiger charge is 2.44. The van der Waals surface area contributed by atoms with Gasteiger partial charge in [0.2, 0.25) is 0 Å². The van der Waals surface area contributed by atoms with Crippen LogP contribution in [0.25, 0.3) is 0 Å². The first-order valence-corrected chi connectivity index (χ1v) is 5.59. The Kier molecular flexibility index (Phi) is 3.74. The zero-order valence-corrected chi connectivity index (χ0v) is 8.92. The number of nitrogens with two attached hydrogens (primary N) is 1. The SMILES string of the molecule is CCCC(CCC)C1(N)CC(O)C1. The highest BCUT2D eigenvalue weighted by Crippen LogP contribution is 2.40. The van der Waals surface area contributed by atoms with Crippen LogP contribution in [0.5, 0.6) is 0 Å². The molecule has 0 radical (unpaired) electrons. The van der Waals surface area contributed by atoms with Crippen LogP contribution in [0.4, 0.5) is 0 Å². The fourth-order valence-electron chi connectivity index (χ4n) is 2.57. The van der Waals surface area contributed by atoms with Crippen molar-refractivity contribution in [1.29, 1.82) is 0 Å². The van der Waals surface area contributed by atoms with Crippen molar-refractivity contribution in [1.82, 2.24) is 0 Å². The van der Waals surface area contributed by atoms with E-state index in [0.717, 1.165) is 12.8 Å². The largest absolute Gasteiger partial charge is 0.393 e. The lowest BCUT2D eigenvalue weighted by atomic mass is 9.64. The van der Waals surface area contributed by atoms with Crippen molar-refractivity contribution in [3.63, 3.8) is 0 Å². The summed E-state index contributed by atoms with van der Waals surface area (Å²) in [7, 11) is 0. The summed E-state index contributed by atoms with van der Waals surface area (Å²) in [5.41, 5.74) is 6.21. The molecule has 0 spiro atoms. The highest BCUT2D eigenvalue weighted by atomic mass is 16.3. The highest BCUT2D eigenvalue weighted by molar-refractivity contribution is 5.02. The minimum Gasteiger partial charge on any atom is -0.393 e. The zero-order chi connectivity index (χ0) is 9.90. The van der Waals surface area contributed by atoms with Crippen molar-refractivity contribution in [3.8, 4) is 0 Å². The molecule has 0 atom stereocenters. The van der Waals surface area contributed by atoms with Gasteiger partial charge in [0.05, 0.1) is 6.10 Å². The van der Waals surface area contributed by atoms with E-state index in [9.17, 15) is 5.11 Å². The van der Waals surface area contributed by atoms with Crippen molar-refractivity contribution < 1.29 is 5.11 Å². The summed E-state index contributed by atoms with van der Waals surface area (Å²) in [5.74, 6) is 0.630. The molecule has 0 bridgehead atoms. The Morgan fingerprint density at radius 3 is 2.08 bits per heavy atom. The summed E-state index contributed by atoms with van der Waals surface area (Å²) in [6, 6.07) is 0. The summed E-state index contributed by atoms with van der Waals surface area (Å²) >= 11 is 0. The molecule has 2 heteroatoms. The molecule has 13 heavy (non-hydrogen) atoms. The van der Waals surface area contributed by atoms with Crippen LogP contribution in [0.2, 0.25) is 0 Å². The van der Waals surface area contributed by atoms with Gasteiger partial charge < -0.3 is 10.8 Å². The van der Waals surface area contributed by atoms with Gasteiger partial charge in [-0.15, -0.1) is 0 Å². The van der Waals surface area contributed by atoms with E-state index in [2.05, 4.69) is 13.8 Å². The van der Waals surface area contributed by atoms with Crippen LogP contribution in [-0.2, 0) is 0 Å². The van der Waals surface area contributed by atoms with Gasteiger partial charge >= 0.3 is 0 Å². The second-order valence-corrected chi connectivity index (χ2v) is 4.57. The molecule has 2 nitrogen and oxygen atoms in total. The standard InChI is InChI=1S/C11H23NO/c1-3-5-9(6-4-2)11(12)7-10(13)8-11/h9-10,13H,3-8,12H2,1-2H3. The van der Waals surface area contributed by atoms with Crippen LogP contribution >= 0.6 is 0 Å². The van der Waals surface area contributed by atoms with Crippen molar-refractivity contribution in [2.45, 2.75) is 64.0 Å². The number of hydrogen-bond donors (Lipinski definition) is 2. The smallest absolute Gasteiger partial charge is 0.0575 e. The van der Waals surface area contributed by atoms with E-state index in [0.29, 0.717) is 5.92 Å². The summed E-state index contributed by atoms with van der Waals surface area (Å²) in [5, 5.41) is 9.29. The van der Waals surface area contributed by atoms with Crippen LogP contribution in [0.15, 0.2) is 0 Å². The van der Waals surface area contributed by atoms with E-state index in [-0.39, 0.29) is 11.6 Å². The molecule has 1 aliphatic rings. The van der Waals surface area contributed by atoms with Gasteiger partial charge in [0.25, 0.3) is 0 Å². The van der Waals surface area contributed by atoms with Crippen LogP contribution < -0.4 is 5.73 Å². The maximum atomic E-state index is 9.29. The Labute approximate surface area is 81.5 Å². The average Bonchev–Trinajstić information content (AvgIpc) is 2.01. The number of aliphatic hydroxyl groups is 1. The van der Waals surface area contributed by atoms with Gasteiger partial charge in [-0.05, 0) is 31.6 Å². The Hall–Kier alpha value is -0.0800. The molecule has 0 aromatic carbocycles.